The van der Waals surface area contributed by atoms with Crippen LogP contribution in [0.5, 0.6) is 11.5 Å². The number of rotatable bonds is 11. The summed E-state index contributed by atoms with van der Waals surface area (Å²) in [4.78, 5) is 60.1. The average molecular weight is 543 g/mol. The van der Waals surface area contributed by atoms with Crippen molar-refractivity contribution in [3.05, 3.63) is 36.1 Å². The quantitative estimate of drug-likeness (QED) is 0.204. The van der Waals surface area contributed by atoms with Crippen LogP contribution in [0.1, 0.15) is 37.2 Å². The maximum Gasteiger partial charge on any atom is 0.412 e. The van der Waals surface area contributed by atoms with Crippen LogP contribution >= 0.6 is 0 Å². The Hall–Kier alpha value is -4.49. The second-order valence-corrected chi connectivity index (χ2v) is 8.67. The molecule has 0 bridgehead atoms. The van der Waals surface area contributed by atoms with Crippen molar-refractivity contribution in [1.29, 1.82) is 0 Å². The van der Waals surface area contributed by atoms with Crippen LogP contribution in [-0.2, 0) is 14.3 Å². The molecule has 3 aromatic rings. The van der Waals surface area contributed by atoms with E-state index >= 15 is 0 Å². The molecule has 0 fully saturated rings. The van der Waals surface area contributed by atoms with Crippen LogP contribution in [-0.4, -0.2) is 62.0 Å². The van der Waals surface area contributed by atoms with Crippen LogP contribution in [0.4, 0.5) is 9.59 Å². The number of furan rings is 1. The Morgan fingerprint density at radius 1 is 0.846 bits per heavy atom. The molecule has 2 aromatic carbocycles. The minimum Gasteiger partial charge on any atom is -0.468 e. The van der Waals surface area contributed by atoms with Gasteiger partial charge in [0, 0.05) is 30.8 Å². The molecule has 0 unspecified atom stereocenters. The average Bonchev–Trinajstić information content (AvgIpc) is 3.35. The monoisotopic (exact) mass is 542 g/mol. The van der Waals surface area contributed by atoms with Crippen molar-refractivity contribution in [2.24, 2.45) is 11.5 Å². The van der Waals surface area contributed by atoms with Crippen molar-refractivity contribution < 1.29 is 42.6 Å². The van der Waals surface area contributed by atoms with Gasteiger partial charge in [0.25, 0.3) is 0 Å². The van der Waals surface area contributed by atoms with Gasteiger partial charge in [0.05, 0.1) is 18.5 Å². The molecule has 0 saturated carbocycles. The van der Waals surface area contributed by atoms with Crippen molar-refractivity contribution in [3.63, 3.8) is 0 Å². The third-order valence-electron chi connectivity index (χ3n) is 5.81. The second kappa shape index (κ2) is 12.8. The van der Waals surface area contributed by atoms with Gasteiger partial charge >= 0.3 is 18.2 Å². The second-order valence-electron chi connectivity index (χ2n) is 8.67. The molecule has 13 heteroatoms. The first kappa shape index (κ1) is 29.1. The number of nitrogens with two attached hydrogens (primary N) is 2. The fraction of sp³-hybridized carbons (Fsp3) is 0.346. The lowest BCUT2D eigenvalue weighted by Crippen LogP contribution is -2.37. The Bertz CT molecular complexity index is 1420. The number of amides is 2. The van der Waals surface area contributed by atoms with Crippen molar-refractivity contribution in [2.45, 2.75) is 38.8 Å². The molecular weight excluding hydrogens is 512 g/mol. The number of ketones is 2. The third-order valence-corrected chi connectivity index (χ3v) is 5.81. The highest BCUT2D eigenvalue weighted by atomic mass is 16.6. The Labute approximate surface area is 223 Å². The predicted octanol–water partition coefficient (Wildman–Crippen LogP) is 2.16. The van der Waals surface area contributed by atoms with Crippen LogP contribution in [0, 0.1) is 0 Å². The van der Waals surface area contributed by atoms with E-state index in [4.69, 9.17) is 25.4 Å². The zero-order valence-electron chi connectivity index (χ0n) is 21.7. The summed E-state index contributed by atoms with van der Waals surface area (Å²) in [6.45, 7) is 2.76. The number of hydrogen-bond donors (Lipinski definition) is 4. The summed E-state index contributed by atoms with van der Waals surface area (Å²) in [5, 5.41) is 6.00. The molecule has 3 rings (SSSR count). The minimum absolute atomic E-state index is 0.00159. The smallest absolute Gasteiger partial charge is 0.412 e. The Kier molecular flexibility index (Phi) is 9.57. The molecule has 13 nitrogen and oxygen atoms in total. The molecular formula is C26H30N4O9. The standard InChI is InChI=1S/C26H30N4O9/c1-13(31)18(27)8-10-29-25(34)38-21-15-6-4-5-7-16(15)22(23-17(21)12-20(37-23)14(2)32)39-26(35)30-11-9-19(28)24(33)36-3/h4-7,12,18-19H,8-11,27-28H2,1-3H3,(H,29,34)(H,30,35)/t18-,19-/m0/s1. The summed E-state index contributed by atoms with van der Waals surface area (Å²) in [5.41, 5.74) is 11.4. The maximum absolute atomic E-state index is 12.6. The summed E-state index contributed by atoms with van der Waals surface area (Å²) in [5.74, 6) is -1.22. The number of methoxy groups -OCH3 is 1. The van der Waals surface area contributed by atoms with Crippen LogP contribution in [0.25, 0.3) is 21.7 Å². The zero-order valence-corrected chi connectivity index (χ0v) is 21.7. The molecule has 39 heavy (non-hydrogen) atoms. The number of Topliss-reactive ketones (excluding diaryl/α,β-unsaturated/α-hetero) is 2. The first-order chi connectivity index (χ1) is 18.5. The van der Waals surface area contributed by atoms with Crippen LogP contribution < -0.4 is 31.6 Å². The van der Waals surface area contributed by atoms with Gasteiger partial charge in [0.2, 0.25) is 0 Å². The maximum atomic E-state index is 12.6. The number of carbonyl (C=O) groups excluding carboxylic acids is 5. The Balaban J connectivity index is 1.92. The summed E-state index contributed by atoms with van der Waals surface area (Å²) < 4.78 is 21.4. The van der Waals surface area contributed by atoms with E-state index in [9.17, 15) is 24.0 Å². The van der Waals surface area contributed by atoms with Gasteiger partial charge in [-0.25, -0.2) is 9.59 Å². The van der Waals surface area contributed by atoms with Crippen molar-refractivity contribution in [1.82, 2.24) is 10.6 Å². The van der Waals surface area contributed by atoms with Gasteiger partial charge in [-0.1, -0.05) is 24.3 Å². The van der Waals surface area contributed by atoms with E-state index in [1.807, 2.05) is 0 Å². The van der Waals surface area contributed by atoms with Crippen LogP contribution in [0.2, 0.25) is 0 Å². The topological polar surface area (TPSA) is 202 Å². The molecule has 0 saturated heterocycles. The van der Waals surface area contributed by atoms with E-state index in [1.54, 1.807) is 24.3 Å². The number of nitrogens with one attached hydrogen (secondary N) is 2. The number of ether oxygens (including phenoxy) is 3. The minimum atomic E-state index is -0.924. The molecule has 2 amide bonds. The van der Waals surface area contributed by atoms with Crippen molar-refractivity contribution in [2.75, 3.05) is 20.2 Å². The van der Waals surface area contributed by atoms with E-state index in [0.717, 1.165) is 0 Å². The molecule has 6 N–H and O–H groups in total. The first-order valence-electron chi connectivity index (χ1n) is 12.0. The van der Waals surface area contributed by atoms with E-state index in [-0.39, 0.29) is 59.9 Å². The lowest BCUT2D eigenvalue weighted by molar-refractivity contribution is -0.142. The number of benzene rings is 2. The normalized spacial score (nSPS) is 12.4. The van der Waals surface area contributed by atoms with Gasteiger partial charge < -0.3 is 40.7 Å². The first-order valence-corrected chi connectivity index (χ1v) is 12.0. The summed E-state index contributed by atoms with van der Waals surface area (Å²) in [6.07, 6.45) is -1.37. The van der Waals surface area contributed by atoms with Crippen LogP contribution in [0.3, 0.4) is 0 Å². The van der Waals surface area contributed by atoms with Gasteiger partial charge in [0.15, 0.2) is 28.6 Å². The van der Waals surface area contributed by atoms with E-state index < -0.39 is 36.0 Å². The Morgan fingerprint density at radius 3 is 1.92 bits per heavy atom. The SMILES string of the molecule is COC(=O)[C@@H](N)CCNC(=O)Oc1c2ccccc2c(OC(=O)NCC[C@H](N)C(C)=O)c2cc(C(C)=O)oc12. The highest BCUT2D eigenvalue weighted by Crippen LogP contribution is 2.44. The van der Waals surface area contributed by atoms with E-state index in [0.29, 0.717) is 10.8 Å². The number of esters is 1. The van der Waals surface area contributed by atoms with Gasteiger partial charge in [-0.2, -0.15) is 0 Å². The molecule has 0 radical (unpaired) electrons. The molecule has 0 aliphatic rings. The van der Waals surface area contributed by atoms with Gasteiger partial charge in [-0.05, 0) is 25.8 Å². The number of carbonyl (C=O) groups is 5. The van der Waals surface area contributed by atoms with E-state index in [2.05, 4.69) is 15.4 Å². The molecule has 0 aliphatic carbocycles. The molecule has 0 aliphatic heterocycles. The van der Waals surface area contributed by atoms with Crippen molar-refractivity contribution >= 4 is 51.5 Å². The lowest BCUT2D eigenvalue weighted by Gasteiger charge is -2.15. The molecule has 2 atom stereocenters. The molecule has 208 valence electrons. The molecule has 1 heterocycles. The summed E-state index contributed by atoms with van der Waals surface area (Å²) in [7, 11) is 1.21. The van der Waals surface area contributed by atoms with Crippen LogP contribution in [0.15, 0.2) is 34.7 Å². The highest BCUT2D eigenvalue weighted by Gasteiger charge is 2.25. The largest absolute Gasteiger partial charge is 0.468 e. The zero-order chi connectivity index (χ0) is 28.7. The highest BCUT2D eigenvalue weighted by molar-refractivity contribution is 6.12. The lowest BCUT2D eigenvalue weighted by atomic mass is 10.1. The van der Waals surface area contributed by atoms with Gasteiger partial charge in [0.1, 0.15) is 11.8 Å². The molecule has 1 aromatic heterocycles. The third kappa shape index (κ3) is 7.09. The van der Waals surface area contributed by atoms with Gasteiger partial charge in [-0.15, -0.1) is 0 Å². The fourth-order valence-corrected chi connectivity index (χ4v) is 3.65. The molecule has 0 spiro atoms. The summed E-state index contributed by atoms with van der Waals surface area (Å²) >= 11 is 0. The van der Waals surface area contributed by atoms with E-state index in [1.165, 1.54) is 27.0 Å². The van der Waals surface area contributed by atoms with Crippen molar-refractivity contribution in [3.8, 4) is 11.5 Å². The van der Waals surface area contributed by atoms with Gasteiger partial charge in [-0.3, -0.25) is 14.4 Å². The fourth-order valence-electron chi connectivity index (χ4n) is 3.65. The Morgan fingerprint density at radius 2 is 1.38 bits per heavy atom. The number of hydrogen-bond acceptors (Lipinski definition) is 11. The predicted molar refractivity (Wildman–Crippen MR) is 140 cm³/mol. The summed E-state index contributed by atoms with van der Waals surface area (Å²) in [6, 6.07) is 6.38. The number of fused-ring (bicyclic) bond motifs is 2.